The SMILES string of the molecule is O=S(c1ccccc1F)C1CCCOC1. The van der Waals surface area contributed by atoms with Crippen LogP contribution in [0.15, 0.2) is 29.2 Å². The maximum absolute atomic E-state index is 13.4. The average molecular weight is 228 g/mol. The summed E-state index contributed by atoms with van der Waals surface area (Å²) in [4.78, 5) is 0.299. The fourth-order valence-electron chi connectivity index (χ4n) is 1.67. The fourth-order valence-corrected chi connectivity index (χ4v) is 3.10. The maximum Gasteiger partial charge on any atom is 0.139 e. The maximum atomic E-state index is 13.4. The Morgan fingerprint density at radius 1 is 1.40 bits per heavy atom. The van der Waals surface area contributed by atoms with Crippen LogP contribution >= 0.6 is 0 Å². The van der Waals surface area contributed by atoms with Crippen LogP contribution in [0.1, 0.15) is 12.8 Å². The van der Waals surface area contributed by atoms with E-state index in [9.17, 15) is 8.60 Å². The zero-order valence-corrected chi connectivity index (χ0v) is 9.13. The van der Waals surface area contributed by atoms with Crippen LogP contribution in [0.25, 0.3) is 0 Å². The molecule has 1 aliphatic rings. The average Bonchev–Trinajstić information content (AvgIpc) is 2.30. The van der Waals surface area contributed by atoms with Crippen LogP contribution in [0, 0.1) is 5.82 Å². The number of halogens is 1. The van der Waals surface area contributed by atoms with Gasteiger partial charge >= 0.3 is 0 Å². The Hall–Kier alpha value is -0.740. The molecule has 0 radical (unpaired) electrons. The van der Waals surface area contributed by atoms with E-state index in [1.54, 1.807) is 18.2 Å². The molecule has 0 bridgehead atoms. The lowest BCUT2D eigenvalue weighted by atomic mass is 10.2. The number of ether oxygens (including phenoxy) is 1. The third kappa shape index (κ3) is 2.44. The zero-order valence-electron chi connectivity index (χ0n) is 8.32. The second-order valence-electron chi connectivity index (χ2n) is 3.57. The van der Waals surface area contributed by atoms with Gasteiger partial charge in [-0.15, -0.1) is 0 Å². The number of benzene rings is 1. The van der Waals surface area contributed by atoms with Crippen LogP contribution in [-0.4, -0.2) is 22.7 Å². The summed E-state index contributed by atoms with van der Waals surface area (Å²) in [6, 6.07) is 6.24. The molecule has 0 spiro atoms. The molecule has 1 aromatic rings. The number of rotatable bonds is 2. The predicted molar refractivity (Wildman–Crippen MR) is 56.6 cm³/mol. The second kappa shape index (κ2) is 4.86. The minimum absolute atomic E-state index is 0.0596. The lowest BCUT2D eigenvalue weighted by Crippen LogP contribution is -2.27. The second-order valence-corrected chi connectivity index (χ2v) is 5.27. The number of hydrogen-bond acceptors (Lipinski definition) is 2. The summed E-state index contributed by atoms with van der Waals surface area (Å²) in [6.45, 7) is 1.20. The Bertz CT molecular complexity index is 361. The van der Waals surface area contributed by atoms with Gasteiger partial charge in [0.15, 0.2) is 0 Å². The molecule has 1 heterocycles. The first-order valence-corrected chi connectivity index (χ1v) is 6.23. The molecule has 0 amide bonds. The Morgan fingerprint density at radius 3 is 2.87 bits per heavy atom. The zero-order chi connectivity index (χ0) is 10.7. The predicted octanol–water partition coefficient (Wildman–Crippen LogP) is 2.11. The standard InChI is InChI=1S/C11H13FO2S/c12-10-5-1-2-6-11(10)15(13)9-4-3-7-14-8-9/h1-2,5-6,9H,3-4,7-8H2. The van der Waals surface area contributed by atoms with Crippen molar-refractivity contribution in [3.05, 3.63) is 30.1 Å². The van der Waals surface area contributed by atoms with Gasteiger partial charge in [-0.3, -0.25) is 4.21 Å². The van der Waals surface area contributed by atoms with Crippen molar-refractivity contribution in [1.82, 2.24) is 0 Å². The van der Waals surface area contributed by atoms with Crippen molar-refractivity contribution in [1.29, 1.82) is 0 Å². The molecule has 82 valence electrons. The van der Waals surface area contributed by atoms with Crippen molar-refractivity contribution in [3.8, 4) is 0 Å². The van der Waals surface area contributed by atoms with Crippen LogP contribution in [0.4, 0.5) is 4.39 Å². The molecule has 0 aliphatic carbocycles. The molecule has 1 saturated heterocycles. The van der Waals surface area contributed by atoms with Crippen LogP contribution in [0.3, 0.4) is 0 Å². The molecule has 2 atom stereocenters. The molecule has 0 N–H and O–H groups in total. The molecule has 2 rings (SSSR count). The van der Waals surface area contributed by atoms with Gasteiger partial charge in [-0.1, -0.05) is 12.1 Å². The van der Waals surface area contributed by atoms with Crippen molar-refractivity contribution in [2.75, 3.05) is 13.2 Å². The molecular formula is C11H13FO2S. The molecule has 15 heavy (non-hydrogen) atoms. The van der Waals surface area contributed by atoms with Gasteiger partial charge in [0, 0.05) is 6.61 Å². The van der Waals surface area contributed by atoms with Gasteiger partial charge in [-0.05, 0) is 25.0 Å². The molecule has 0 aromatic heterocycles. The minimum Gasteiger partial charge on any atom is -0.380 e. The van der Waals surface area contributed by atoms with Crippen LogP contribution in [0.5, 0.6) is 0 Å². The lowest BCUT2D eigenvalue weighted by molar-refractivity contribution is 0.100. The highest BCUT2D eigenvalue weighted by molar-refractivity contribution is 7.85. The molecule has 1 aliphatic heterocycles. The summed E-state index contributed by atoms with van der Waals surface area (Å²) < 4.78 is 30.6. The van der Waals surface area contributed by atoms with Crippen LogP contribution in [-0.2, 0) is 15.5 Å². The summed E-state index contributed by atoms with van der Waals surface area (Å²) in [5.41, 5.74) is 0. The highest BCUT2D eigenvalue weighted by Gasteiger charge is 2.23. The minimum atomic E-state index is -1.28. The van der Waals surface area contributed by atoms with E-state index in [2.05, 4.69) is 0 Å². The van der Waals surface area contributed by atoms with E-state index < -0.39 is 10.8 Å². The molecule has 0 saturated carbocycles. The Morgan fingerprint density at radius 2 is 2.20 bits per heavy atom. The van der Waals surface area contributed by atoms with Crippen molar-refractivity contribution >= 4 is 10.8 Å². The van der Waals surface area contributed by atoms with Gasteiger partial charge in [0.1, 0.15) is 5.82 Å². The van der Waals surface area contributed by atoms with Crippen molar-refractivity contribution in [3.63, 3.8) is 0 Å². The normalized spacial score (nSPS) is 23.7. The Labute approximate surface area is 90.9 Å². The van der Waals surface area contributed by atoms with Crippen LogP contribution < -0.4 is 0 Å². The summed E-state index contributed by atoms with van der Waals surface area (Å²) in [7, 11) is -1.28. The molecule has 4 heteroatoms. The van der Waals surface area contributed by atoms with Gasteiger partial charge < -0.3 is 4.74 Å². The van der Waals surface area contributed by atoms with Gasteiger partial charge in [-0.2, -0.15) is 0 Å². The summed E-state index contributed by atoms with van der Waals surface area (Å²) in [5, 5.41) is -0.0596. The van der Waals surface area contributed by atoms with Crippen LogP contribution in [0.2, 0.25) is 0 Å². The quantitative estimate of drug-likeness (QED) is 0.775. The van der Waals surface area contributed by atoms with Gasteiger partial charge in [0.05, 0.1) is 27.6 Å². The van der Waals surface area contributed by atoms with E-state index in [1.807, 2.05) is 0 Å². The van der Waals surface area contributed by atoms with E-state index in [0.717, 1.165) is 19.4 Å². The fraction of sp³-hybridized carbons (Fsp3) is 0.455. The molecule has 2 unspecified atom stereocenters. The molecular weight excluding hydrogens is 215 g/mol. The molecule has 1 fully saturated rings. The van der Waals surface area contributed by atoms with E-state index in [1.165, 1.54) is 6.07 Å². The Balaban J connectivity index is 2.16. The largest absolute Gasteiger partial charge is 0.380 e. The van der Waals surface area contributed by atoms with Crippen molar-refractivity contribution in [2.24, 2.45) is 0 Å². The summed E-state index contributed by atoms with van der Waals surface area (Å²) in [5.74, 6) is -0.388. The monoisotopic (exact) mass is 228 g/mol. The number of hydrogen-bond donors (Lipinski definition) is 0. The third-order valence-electron chi connectivity index (χ3n) is 2.47. The third-order valence-corrected chi connectivity index (χ3v) is 4.22. The van der Waals surface area contributed by atoms with Gasteiger partial charge in [0.2, 0.25) is 0 Å². The van der Waals surface area contributed by atoms with Gasteiger partial charge in [0.25, 0.3) is 0 Å². The van der Waals surface area contributed by atoms with Gasteiger partial charge in [-0.25, -0.2) is 4.39 Å². The van der Waals surface area contributed by atoms with E-state index >= 15 is 0 Å². The van der Waals surface area contributed by atoms with E-state index in [-0.39, 0.29) is 11.1 Å². The first-order valence-electron chi connectivity index (χ1n) is 5.02. The highest BCUT2D eigenvalue weighted by Crippen LogP contribution is 2.20. The molecule has 2 nitrogen and oxygen atoms in total. The first kappa shape index (κ1) is 10.8. The van der Waals surface area contributed by atoms with Crippen molar-refractivity contribution < 1.29 is 13.3 Å². The topological polar surface area (TPSA) is 26.3 Å². The van der Waals surface area contributed by atoms with E-state index in [0.29, 0.717) is 11.5 Å². The Kier molecular flexibility index (Phi) is 3.49. The van der Waals surface area contributed by atoms with Crippen molar-refractivity contribution in [2.45, 2.75) is 23.0 Å². The molecule has 1 aromatic carbocycles. The smallest absolute Gasteiger partial charge is 0.139 e. The van der Waals surface area contributed by atoms with E-state index in [4.69, 9.17) is 4.74 Å². The summed E-state index contributed by atoms with van der Waals surface area (Å²) >= 11 is 0. The lowest BCUT2D eigenvalue weighted by Gasteiger charge is -2.21. The summed E-state index contributed by atoms with van der Waals surface area (Å²) in [6.07, 6.45) is 1.76. The highest BCUT2D eigenvalue weighted by atomic mass is 32.2. The first-order chi connectivity index (χ1) is 7.29.